The van der Waals surface area contributed by atoms with Gasteiger partial charge in [0.1, 0.15) is 0 Å². The van der Waals surface area contributed by atoms with Gasteiger partial charge in [-0.2, -0.15) is 0 Å². The van der Waals surface area contributed by atoms with Gasteiger partial charge >= 0.3 is 11.9 Å². The van der Waals surface area contributed by atoms with Gasteiger partial charge in [-0.3, -0.25) is 15.1 Å². The molecule has 1 aliphatic rings. The van der Waals surface area contributed by atoms with Crippen molar-refractivity contribution >= 4 is 28.9 Å². The molecule has 24 heavy (non-hydrogen) atoms. The van der Waals surface area contributed by atoms with Crippen LogP contribution in [0.3, 0.4) is 0 Å². The lowest BCUT2D eigenvalue weighted by atomic mass is 9.89. The van der Waals surface area contributed by atoms with Crippen molar-refractivity contribution in [3.05, 3.63) is 56.8 Å². The fourth-order valence-corrected chi connectivity index (χ4v) is 2.64. The van der Waals surface area contributed by atoms with Crippen molar-refractivity contribution in [2.45, 2.75) is 20.3 Å². The number of allylic oxidation sites excluding steroid dienone is 1. The van der Waals surface area contributed by atoms with Gasteiger partial charge in [0.05, 0.1) is 27.3 Å². The molecule has 0 spiro atoms. The Morgan fingerprint density at radius 1 is 1.17 bits per heavy atom. The van der Waals surface area contributed by atoms with E-state index in [0.29, 0.717) is 5.71 Å². The van der Waals surface area contributed by atoms with Crippen LogP contribution in [0.4, 0.5) is 5.69 Å². The van der Waals surface area contributed by atoms with Gasteiger partial charge in [-0.25, -0.2) is 9.59 Å². The van der Waals surface area contributed by atoms with Gasteiger partial charge in [-0.1, -0.05) is 12.1 Å². The predicted octanol–water partition coefficient (Wildman–Crippen LogP) is 2.66. The molecular formula is C16H14N2O6. The number of nitro benzene ring substituents is 1. The molecule has 0 radical (unpaired) electrons. The third-order valence-corrected chi connectivity index (χ3v) is 3.55. The van der Waals surface area contributed by atoms with Crippen LogP contribution in [0.25, 0.3) is 5.57 Å². The standard InChI is InChI=1S/C16H14N2O6/c1-8-7-11(15(19)20)14(13(16(21)22)9(2)17-8)10-5-3-4-6-12(10)18(23)24/h3-6H,7H2,1-2H3,(H,19,20)(H,21,22). The molecule has 0 saturated heterocycles. The van der Waals surface area contributed by atoms with Gasteiger partial charge in [-0.15, -0.1) is 0 Å². The van der Waals surface area contributed by atoms with E-state index >= 15 is 0 Å². The van der Waals surface area contributed by atoms with Gasteiger partial charge in [0, 0.05) is 23.8 Å². The van der Waals surface area contributed by atoms with Crippen LogP contribution >= 0.6 is 0 Å². The van der Waals surface area contributed by atoms with Gasteiger partial charge < -0.3 is 10.2 Å². The Morgan fingerprint density at radius 2 is 1.79 bits per heavy atom. The van der Waals surface area contributed by atoms with E-state index in [1.807, 2.05) is 0 Å². The molecule has 0 bridgehead atoms. The van der Waals surface area contributed by atoms with Gasteiger partial charge in [-0.05, 0) is 19.9 Å². The van der Waals surface area contributed by atoms with Crippen LogP contribution in [0.1, 0.15) is 25.8 Å². The summed E-state index contributed by atoms with van der Waals surface area (Å²) < 4.78 is 0. The average molecular weight is 330 g/mol. The first kappa shape index (κ1) is 17.1. The van der Waals surface area contributed by atoms with Crippen molar-refractivity contribution in [3.8, 4) is 0 Å². The molecule has 0 aliphatic carbocycles. The van der Waals surface area contributed by atoms with E-state index in [9.17, 15) is 29.9 Å². The van der Waals surface area contributed by atoms with E-state index in [-0.39, 0.29) is 40.1 Å². The highest BCUT2D eigenvalue weighted by Crippen LogP contribution is 2.38. The van der Waals surface area contributed by atoms with E-state index in [1.165, 1.54) is 31.2 Å². The number of para-hydroxylation sites is 1. The molecule has 0 aromatic heterocycles. The molecule has 0 unspecified atom stereocenters. The zero-order chi connectivity index (χ0) is 18.0. The third-order valence-electron chi connectivity index (χ3n) is 3.55. The normalized spacial score (nSPS) is 15.0. The quantitative estimate of drug-likeness (QED) is 0.644. The first-order chi connectivity index (χ1) is 11.2. The maximum absolute atomic E-state index is 11.7. The topological polar surface area (TPSA) is 130 Å². The van der Waals surface area contributed by atoms with E-state index in [0.717, 1.165) is 0 Å². The molecule has 8 heteroatoms. The molecule has 0 fully saturated rings. The number of carboxylic acids is 2. The Labute approximate surface area is 136 Å². The molecule has 1 aliphatic heterocycles. The zero-order valence-electron chi connectivity index (χ0n) is 12.9. The van der Waals surface area contributed by atoms with Crippen molar-refractivity contribution in [2.75, 3.05) is 0 Å². The van der Waals surface area contributed by atoms with Crippen LogP contribution in [0.5, 0.6) is 0 Å². The number of rotatable bonds is 4. The fraction of sp³-hybridized carbons (Fsp3) is 0.188. The van der Waals surface area contributed by atoms with Crippen molar-refractivity contribution in [1.29, 1.82) is 0 Å². The number of hydrogen-bond donors (Lipinski definition) is 2. The number of benzene rings is 1. The minimum absolute atomic E-state index is 0.0541. The largest absolute Gasteiger partial charge is 0.478 e. The van der Waals surface area contributed by atoms with E-state index in [2.05, 4.69) is 4.99 Å². The SMILES string of the molecule is CC1=NC(C)=C(C(=O)O)C(c2ccccc2[N+](=O)[O-])=C(C(=O)O)C1. The average Bonchev–Trinajstić information content (AvgIpc) is 2.62. The molecule has 1 aromatic carbocycles. The molecule has 0 atom stereocenters. The second-order valence-electron chi connectivity index (χ2n) is 5.22. The number of aliphatic imine (C=N–C) groups is 1. The Balaban J connectivity index is 2.95. The van der Waals surface area contributed by atoms with Crippen molar-refractivity contribution in [3.63, 3.8) is 0 Å². The molecule has 2 rings (SSSR count). The number of carboxylic acid groups (broad SMARTS) is 2. The summed E-state index contributed by atoms with van der Waals surface area (Å²) in [7, 11) is 0. The summed E-state index contributed by atoms with van der Waals surface area (Å²) in [6, 6.07) is 5.46. The number of hydrogen-bond acceptors (Lipinski definition) is 5. The van der Waals surface area contributed by atoms with Crippen LogP contribution in [0.15, 0.2) is 46.1 Å². The summed E-state index contributed by atoms with van der Waals surface area (Å²) in [5.74, 6) is -2.73. The van der Waals surface area contributed by atoms with Crippen LogP contribution in [-0.4, -0.2) is 32.8 Å². The van der Waals surface area contributed by atoms with E-state index in [1.54, 1.807) is 6.92 Å². The summed E-state index contributed by atoms with van der Waals surface area (Å²) in [5.41, 5.74) is -0.667. The first-order valence-electron chi connectivity index (χ1n) is 6.93. The first-order valence-corrected chi connectivity index (χ1v) is 6.93. The summed E-state index contributed by atoms with van der Waals surface area (Å²) in [6.45, 7) is 3.01. The zero-order valence-corrected chi connectivity index (χ0v) is 12.9. The molecule has 2 N–H and O–H groups in total. The van der Waals surface area contributed by atoms with Gasteiger partial charge in [0.2, 0.25) is 0 Å². The monoisotopic (exact) mass is 330 g/mol. The Bertz CT molecular complexity index is 848. The summed E-state index contributed by atoms with van der Waals surface area (Å²) in [6.07, 6.45) is -0.106. The lowest BCUT2D eigenvalue weighted by Gasteiger charge is -2.13. The second-order valence-corrected chi connectivity index (χ2v) is 5.22. The minimum Gasteiger partial charge on any atom is -0.478 e. The molecule has 1 heterocycles. The third kappa shape index (κ3) is 3.07. The summed E-state index contributed by atoms with van der Waals surface area (Å²) in [5, 5.41) is 30.4. The molecule has 8 nitrogen and oxygen atoms in total. The Morgan fingerprint density at radius 3 is 2.33 bits per heavy atom. The maximum Gasteiger partial charge on any atom is 0.338 e. The second kappa shape index (κ2) is 6.45. The molecule has 1 aromatic rings. The maximum atomic E-state index is 11.7. The van der Waals surface area contributed by atoms with Crippen LogP contribution < -0.4 is 0 Å². The molecule has 124 valence electrons. The van der Waals surface area contributed by atoms with Gasteiger partial charge in [0.15, 0.2) is 0 Å². The van der Waals surface area contributed by atoms with Crippen LogP contribution in [0.2, 0.25) is 0 Å². The number of aliphatic carboxylic acids is 2. The highest BCUT2D eigenvalue weighted by atomic mass is 16.6. The molecule has 0 saturated carbocycles. The highest BCUT2D eigenvalue weighted by Gasteiger charge is 2.31. The van der Waals surface area contributed by atoms with Gasteiger partial charge in [0.25, 0.3) is 5.69 Å². The highest BCUT2D eigenvalue weighted by molar-refractivity contribution is 6.16. The van der Waals surface area contributed by atoms with Crippen molar-refractivity contribution in [1.82, 2.24) is 0 Å². The molecule has 0 amide bonds. The number of nitro groups is 1. The Hall–Kier alpha value is -3.29. The molecular weight excluding hydrogens is 316 g/mol. The van der Waals surface area contributed by atoms with E-state index in [4.69, 9.17) is 0 Å². The number of carbonyl (C=O) groups is 2. The Kier molecular flexibility index (Phi) is 4.59. The van der Waals surface area contributed by atoms with Crippen molar-refractivity contribution < 1.29 is 24.7 Å². The summed E-state index contributed by atoms with van der Waals surface area (Å²) in [4.78, 5) is 38.2. The predicted molar refractivity (Wildman–Crippen MR) is 85.7 cm³/mol. The lowest BCUT2D eigenvalue weighted by Crippen LogP contribution is -2.13. The van der Waals surface area contributed by atoms with Crippen LogP contribution in [0, 0.1) is 10.1 Å². The van der Waals surface area contributed by atoms with Crippen molar-refractivity contribution in [2.24, 2.45) is 4.99 Å². The lowest BCUT2D eigenvalue weighted by molar-refractivity contribution is -0.385. The number of nitrogens with zero attached hydrogens (tertiary/aromatic N) is 2. The smallest absolute Gasteiger partial charge is 0.338 e. The van der Waals surface area contributed by atoms with E-state index < -0.39 is 16.9 Å². The minimum atomic E-state index is -1.39. The summed E-state index contributed by atoms with van der Waals surface area (Å²) >= 11 is 0. The fourth-order valence-electron chi connectivity index (χ4n) is 2.64. The van der Waals surface area contributed by atoms with Crippen LogP contribution in [-0.2, 0) is 9.59 Å².